The number of ether oxygens (including phenoxy) is 1. The van der Waals surface area contributed by atoms with Gasteiger partial charge in [0.25, 0.3) is 0 Å². The second kappa shape index (κ2) is 7.71. The highest BCUT2D eigenvalue weighted by molar-refractivity contribution is 7.98. The van der Waals surface area contributed by atoms with E-state index < -0.39 is 0 Å². The average molecular weight is 404 g/mol. The van der Waals surface area contributed by atoms with Gasteiger partial charge in [0.15, 0.2) is 0 Å². The predicted octanol–water partition coefficient (Wildman–Crippen LogP) is 3.64. The summed E-state index contributed by atoms with van der Waals surface area (Å²) < 4.78 is 9.08. The number of benzene rings is 2. The van der Waals surface area contributed by atoms with Gasteiger partial charge < -0.3 is 4.74 Å². The lowest BCUT2D eigenvalue weighted by Gasteiger charge is -2.06. The molecule has 29 heavy (non-hydrogen) atoms. The van der Waals surface area contributed by atoms with Gasteiger partial charge in [-0.25, -0.2) is 4.68 Å². The second-order valence-corrected chi connectivity index (χ2v) is 7.78. The molecule has 0 aliphatic heterocycles. The van der Waals surface area contributed by atoms with Gasteiger partial charge in [0.2, 0.25) is 5.16 Å². The van der Waals surface area contributed by atoms with Gasteiger partial charge in [0.05, 0.1) is 24.2 Å². The quantitative estimate of drug-likeness (QED) is 0.457. The zero-order chi connectivity index (χ0) is 19.6. The maximum atomic E-state index is 5.23. The van der Waals surface area contributed by atoms with E-state index in [0.29, 0.717) is 0 Å². The number of nitrogens with zero attached hydrogens (tertiary/aromatic N) is 6. The average Bonchev–Trinajstić information content (AvgIpc) is 3.50. The molecule has 146 valence electrons. The Hall–Kier alpha value is -3.13. The normalized spacial score (nSPS) is 12.9. The second-order valence-electron chi connectivity index (χ2n) is 6.83. The van der Waals surface area contributed by atoms with Crippen molar-refractivity contribution in [2.75, 3.05) is 7.11 Å². The Morgan fingerprint density at radius 2 is 1.76 bits per heavy atom. The summed E-state index contributed by atoms with van der Waals surface area (Å²) in [6.07, 6.45) is 3.34. The molecule has 2 heterocycles. The largest absolute Gasteiger partial charge is 0.497 e. The summed E-state index contributed by atoms with van der Waals surface area (Å²) in [6, 6.07) is 18.0. The van der Waals surface area contributed by atoms with E-state index in [1.54, 1.807) is 23.6 Å². The van der Waals surface area contributed by atoms with Crippen molar-refractivity contribution in [3.63, 3.8) is 0 Å². The first-order chi connectivity index (χ1) is 14.3. The monoisotopic (exact) mass is 404 g/mol. The minimum atomic E-state index is 0.735. The van der Waals surface area contributed by atoms with E-state index in [1.807, 2.05) is 30.3 Å². The third-order valence-corrected chi connectivity index (χ3v) is 6.04. The highest BCUT2D eigenvalue weighted by Crippen LogP contribution is 2.31. The number of hydrogen-bond donors (Lipinski definition) is 0. The van der Waals surface area contributed by atoms with Crippen molar-refractivity contribution >= 4 is 11.8 Å². The molecule has 5 rings (SSSR count). The van der Waals surface area contributed by atoms with Crippen molar-refractivity contribution in [3.8, 4) is 17.1 Å². The molecule has 0 fully saturated rings. The topological polar surface area (TPSA) is 70.7 Å². The van der Waals surface area contributed by atoms with Crippen LogP contribution in [0.4, 0.5) is 0 Å². The molecule has 0 saturated carbocycles. The van der Waals surface area contributed by atoms with Crippen LogP contribution in [-0.4, -0.2) is 37.1 Å². The molecule has 1 aliphatic rings. The van der Waals surface area contributed by atoms with Crippen LogP contribution in [0.3, 0.4) is 0 Å². The number of aromatic nitrogens is 6. The Morgan fingerprint density at radius 3 is 2.55 bits per heavy atom. The van der Waals surface area contributed by atoms with Gasteiger partial charge in [-0.3, -0.25) is 0 Å². The highest BCUT2D eigenvalue weighted by Gasteiger charge is 2.23. The molecule has 4 aromatic rings. The number of rotatable bonds is 6. The molecule has 1 aliphatic carbocycles. The molecular formula is C21H20N6OS. The molecule has 7 nitrogen and oxygen atoms in total. The molecule has 0 spiro atoms. The fourth-order valence-corrected chi connectivity index (χ4v) is 4.56. The maximum absolute atomic E-state index is 5.23. The Balaban J connectivity index is 1.40. The smallest absolute Gasteiger partial charge is 0.214 e. The predicted molar refractivity (Wildman–Crippen MR) is 111 cm³/mol. The van der Waals surface area contributed by atoms with Crippen molar-refractivity contribution in [3.05, 3.63) is 71.5 Å². The maximum Gasteiger partial charge on any atom is 0.214 e. The number of hydrogen-bond acceptors (Lipinski definition) is 6. The van der Waals surface area contributed by atoms with Crippen molar-refractivity contribution in [1.29, 1.82) is 0 Å². The van der Waals surface area contributed by atoms with Gasteiger partial charge in [-0.2, -0.15) is 9.78 Å². The molecule has 0 saturated heterocycles. The standard InChI is InChI=1S/C21H20N6OS/c1-28-17-12-10-16(11-13-17)27-21(22-24-25-27)29-14-19-18-8-5-9-20(18)26(23-19)15-6-3-2-4-7-15/h2-4,6-7,10-13H,5,8-9,14H2,1H3. The van der Waals surface area contributed by atoms with E-state index in [1.165, 1.54) is 17.7 Å². The zero-order valence-corrected chi connectivity index (χ0v) is 16.8. The lowest BCUT2D eigenvalue weighted by molar-refractivity contribution is 0.414. The van der Waals surface area contributed by atoms with Crippen LogP contribution in [0.2, 0.25) is 0 Å². The Labute approximate surface area is 172 Å². The summed E-state index contributed by atoms with van der Waals surface area (Å²) in [7, 11) is 1.65. The minimum Gasteiger partial charge on any atom is -0.497 e. The molecule has 0 unspecified atom stereocenters. The van der Waals surface area contributed by atoms with Gasteiger partial charge in [-0.15, -0.1) is 5.10 Å². The van der Waals surface area contributed by atoms with Crippen molar-refractivity contribution in [2.24, 2.45) is 0 Å². The van der Waals surface area contributed by atoms with Gasteiger partial charge in [0.1, 0.15) is 5.75 Å². The summed E-state index contributed by atoms with van der Waals surface area (Å²) in [5.41, 5.74) is 5.85. The van der Waals surface area contributed by atoms with Crippen LogP contribution in [0.1, 0.15) is 23.4 Å². The fraction of sp³-hybridized carbons (Fsp3) is 0.238. The van der Waals surface area contributed by atoms with E-state index in [4.69, 9.17) is 9.84 Å². The number of tetrazole rings is 1. The van der Waals surface area contributed by atoms with Gasteiger partial charge in [0, 0.05) is 11.4 Å². The minimum absolute atomic E-state index is 0.735. The number of para-hydroxylation sites is 1. The summed E-state index contributed by atoms with van der Waals surface area (Å²) in [5, 5.41) is 17.9. The molecule has 8 heteroatoms. The molecule has 2 aromatic heterocycles. The highest BCUT2D eigenvalue weighted by atomic mass is 32.2. The van der Waals surface area contributed by atoms with E-state index in [0.717, 1.165) is 46.6 Å². The third kappa shape index (κ3) is 3.40. The summed E-state index contributed by atoms with van der Waals surface area (Å²) >= 11 is 1.61. The van der Waals surface area contributed by atoms with Gasteiger partial charge >= 0.3 is 0 Å². The zero-order valence-electron chi connectivity index (χ0n) is 16.0. The van der Waals surface area contributed by atoms with E-state index in [-0.39, 0.29) is 0 Å². The summed E-state index contributed by atoms with van der Waals surface area (Å²) in [4.78, 5) is 0. The lowest BCUT2D eigenvalue weighted by Crippen LogP contribution is -2.01. The van der Waals surface area contributed by atoms with Crippen LogP contribution >= 0.6 is 11.8 Å². The first-order valence-corrected chi connectivity index (χ1v) is 10.5. The summed E-state index contributed by atoms with van der Waals surface area (Å²) in [6.45, 7) is 0. The van der Waals surface area contributed by atoms with Crippen LogP contribution < -0.4 is 4.74 Å². The van der Waals surface area contributed by atoms with Crippen molar-refractivity contribution < 1.29 is 4.74 Å². The van der Waals surface area contributed by atoms with E-state index >= 15 is 0 Å². The number of methoxy groups -OCH3 is 1. The Kier molecular flexibility index (Phi) is 4.77. The molecular weight excluding hydrogens is 384 g/mol. The molecule has 0 atom stereocenters. The first kappa shape index (κ1) is 17.9. The van der Waals surface area contributed by atoms with Gasteiger partial charge in [-0.1, -0.05) is 30.0 Å². The molecule has 0 radical (unpaired) electrons. The SMILES string of the molecule is COc1ccc(-n2nnnc2SCc2nn(-c3ccccc3)c3c2CCC3)cc1. The van der Waals surface area contributed by atoms with Crippen LogP contribution in [0.15, 0.2) is 59.8 Å². The number of thioether (sulfide) groups is 1. The first-order valence-electron chi connectivity index (χ1n) is 9.54. The Bertz CT molecular complexity index is 1120. The van der Waals surface area contributed by atoms with Crippen LogP contribution in [0.5, 0.6) is 5.75 Å². The van der Waals surface area contributed by atoms with Crippen LogP contribution in [-0.2, 0) is 18.6 Å². The van der Waals surface area contributed by atoms with E-state index in [2.05, 4.69) is 44.5 Å². The van der Waals surface area contributed by atoms with Crippen LogP contribution in [0, 0.1) is 0 Å². The van der Waals surface area contributed by atoms with E-state index in [9.17, 15) is 0 Å². The van der Waals surface area contributed by atoms with Crippen molar-refractivity contribution in [2.45, 2.75) is 30.2 Å². The Morgan fingerprint density at radius 1 is 0.966 bits per heavy atom. The molecule has 2 aromatic carbocycles. The number of fused-ring (bicyclic) bond motifs is 1. The lowest BCUT2D eigenvalue weighted by atomic mass is 10.2. The molecule has 0 bridgehead atoms. The summed E-state index contributed by atoms with van der Waals surface area (Å²) in [5.74, 6) is 1.54. The van der Waals surface area contributed by atoms with Gasteiger partial charge in [-0.05, 0) is 71.7 Å². The van der Waals surface area contributed by atoms with Crippen molar-refractivity contribution in [1.82, 2.24) is 30.0 Å². The third-order valence-electron chi connectivity index (χ3n) is 5.11. The molecule has 0 amide bonds. The molecule has 0 N–H and O–H groups in total. The fourth-order valence-electron chi connectivity index (χ4n) is 3.70. The van der Waals surface area contributed by atoms with Crippen LogP contribution in [0.25, 0.3) is 11.4 Å².